The molecule has 4 heterocycles. The maximum atomic E-state index is 13.8. The van der Waals surface area contributed by atoms with E-state index in [1.807, 2.05) is 26.1 Å². The number of nitrogens with one attached hydrogen (secondary N) is 3. The highest BCUT2D eigenvalue weighted by Crippen LogP contribution is 2.39. The first kappa shape index (κ1) is 55.6. The molecule has 70 heavy (non-hydrogen) atoms. The maximum Gasteiger partial charge on any atom is 0.410 e. The number of anilines is 2. The number of halogens is 5. The van der Waals surface area contributed by atoms with Crippen LogP contribution in [0.2, 0.25) is 0 Å². The van der Waals surface area contributed by atoms with Crippen LogP contribution in [-0.4, -0.2) is 92.7 Å². The van der Waals surface area contributed by atoms with E-state index in [-0.39, 0.29) is 52.9 Å². The number of carbonyl (C=O) groups is 7. The van der Waals surface area contributed by atoms with E-state index in [4.69, 9.17) is 50.0 Å². The Bertz CT molecular complexity index is 2590. The van der Waals surface area contributed by atoms with E-state index in [9.17, 15) is 42.3 Å². The fraction of sp³-hybridized carbons (Fsp3) is 0.438. The summed E-state index contributed by atoms with van der Waals surface area (Å²) in [6.45, 7) is 12.7. The Morgan fingerprint density at radius 1 is 0.671 bits per heavy atom. The molecular formula is C48H55Cl3F2N6O9S2. The van der Waals surface area contributed by atoms with Gasteiger partial charge in [0.15, 0.2) is 11.6 Å². The van der Waals surface area contributed by atoms with E-state index in [2.05, 4.69) is 10.6 Å². The molecule has 2 atom stereocenters. The number of carbonyl (C=O) groups excluding carboxylic acids is 7. The number of benzene rings is 2. The summed E-state index contributed by atoms with van der Waals surface area (Å²) >= 11 is 18.8. The second kappa shape index (κ2) is 23.7. The van der Waals surface area contributed by atoms with Crippen LogP contribution in [0.3, 0.4) is 0 Å². The Morgan fingerprint density at radius 3 is 1.46 bits per heavy atom. The number of hydrogen-bond acceptors (Lipinski definition) is 11. The van der Waals surface area contributed by atoms with Crippen molar-refractivity contribution in [3.05, 3.63) is 82.1 Å². The Hall–Kier alpha value is -5.34. The van der Waals surface area contributed by atoms with Gasteiger partial charge in [-0.2, -0.15) is 0 Å². The van der Waals surface area contributed by atoms with E-state index in [0.29, 0.717) is 64.0 Å². The minimum Gasteiger partial charge on any atom is -0.444 e. The second-order valence-corrected chi connectivity index (χ2v) is 23.1. The average Bonchev–Trinajstić information content (AvgIpc) is 3.87. The molecule has 2 aliphatic heterocycles. The van der Waals surface area contributed by atoms with Crippen molar-refractivity contribution in [2.45, 2.75) is 95.1 Å². The first-order chi connectivity index (χ1) is 32.6. The third-order valence-corrected chi connectivity index (χ3v) is 13.4. The molecular weight excluding hydrogens is 1010 g/mol. The molecule has 0 bridgehead atoms. The zero-order valence-corrected chi connectivity index (χ0v) is 43.3. The van der Waals surface area contributed by atoms with Crippen LogP contribution in [0.4, 0.5) is 39.3 Å². The molecule has 0 saturated carbocycles. The molecule has 7 amide bonds. The summed E-state index contributed by atoms with van der Waals surface area (Å²) in [7, 11) is 0. The van der Waals surface area contributed by atoms with Gasteiger partial charge in [0.1, 0.15) is 22.8 Å². The van der Waals surface area contributed by atoms with Gasteiger partial charge in [-0.1, -0.05) is 59.1 Å². The summed E-state index contributed by atoms with van der Waals surface area (Å²) in [5, 5.41) is 6.85. The molecule has 22 heteroatoms. The Kier molecular flexibility index (Phi) is 18.8. The Morgan fingerprint density at radius 2 is 1.09 bits per heavy atom. The SMILES string of the molecule is CC(C)(C)OC(=O)N1CCC[C@H](CC(=O)c2sc(-c3cccc(F)c3)cc2NC(=O)NC(=O)C(Cl)(Cl)Cl)C1.CC(C)(C)OC(=O)N1CCC[C@H](CC(=O)c2sc(-c3cccc(F)c3)cc2NC(N)=O)C1. The van der Waals surface area contributed by atoms with Crippen molar-refractivity contribution in [1.29, 1.82) is 0 Å². The van der Waals surface area contributed by atoms with Crippen LogP contribution in [0, 0.1) is 23.5 Å². The van der Waals surface area contributed by atoms with Crippen molar-refractivity contribution >= 4 is 111 Å². The third kappa shape index (κ3) is 16.9. The van der Waals surface area contributed by atoms with E-state index in [1.54, 1.807) is 54.8 Å². The lowest BCUT2D eigenvalue weighted by Gasteiger charge is -2.33. The molecule has 15 nitrogen and oxygen atoms in total. The normalized spacial score (nSPS) is 16.3. The van der Waals surface area contributed by atoms with Gasteiger partial charge in [0.25, 0.3) is 9.70 Å². The molecule has 0 aliphatic carbocycles. The number of nitrogens with zero attached hydrogens (tertiary/aromatic N) is 2. The molecule has 378 valence electrons. The molecule has 2 fully saturated rings. The highest BCUT2D eigenvalue weighted by molar-refractivity contribution is 7.18. The van der Waals surface area contributed by atoms with Crippen molar-refractivity contribution < 1.29 is 51.8 Å². The van der Waals surface area contributed by atoms with E-state index >= 15 is 0 Å². The van der Waals surface area contributed by atoms with Crippen LogP contribution < -0.4 is 21.7 Å². The van der Waals surface area contributed by atoms with Crippen molar-refractivity contribution in [2.75, 3.05) is 36.8 Å². The lowest BCUT2D eigenvalue weighted by atomic mass is 9.92. The number of nitrogens with two attached hydrogens (primary N) is 1. The summed E-state index contributed by atoms with van der Waals surface area (Å²) in [5.41, 5.74) is 5.60. The van der Waals surface area contributed by atoms with Crippen LogP contribution in [0.5, 0.6) is 0 Å². The molecule has 2 aromatic heterocycles. The lowest BCUT2D eigenvalue weighted by Crippen LogP contribution is -2.43. The van der Waals surface area contributed by atoms with Crippen LogP contribution in [0.1, 0.15) is 99.4 Å². The smallest absolute Gasteiger partial charge is 0.410 e. The summed E-state index contributed by atoms with van der Waals surface area (Å²) in [5.74, 6) is -2.61. The number of amides is 7. The molecule has 5 N–H and O–H groups in total. The topological polar surface area (TPSA) is 207 Å². The molecule has 6 rings (SSSR count). The first-order valence-corrected chi connectivity index (χ1v) is 25.0. The summed E-state index contributed by atoms with van der Waals surface area (Å²) in [6.07, 6.45) is 2.54. The third-order valence-electron chi connectivity index (χ3n) is 10.5. The Balaban J connectivity index is 0.000000265. The van der Waals surface area contributed by atoms with Crippen molar-refractivity contribution in [3.63, 3.8) is 0 Å². The number of urea groups is 2. The number of primary amides is 1. The summed E-state index contributed by atoms with van der Waals surface area (Å²) in [6, 6.07) is 13.2. The highest BCUT2D eigenvalue weighted by atomic mass is 35.6. The quantitative estimate of drug-likeness (QED) is 0.0879. The van der Waals surface area contributed by atoms with Crippen LogP contribution in [-0.2, 0) is 14.3 Å². The molecule has 4 aromatic rings. The number of imide groups is 1. The van der Waals surface area contributed by atoms with Gasteiger partial charge in [0.2, 0.25) is 0 Å². The van der Waals surface area contributed by atoms with Gasteiger partial charge in [-0.05, 0) is 127 Å². The maximum absolute atomic E-state index is 13.8. The number of rotatable bonds is 10. The molecule has 0 radical (unpaired) electrons. The van der Waals surface area contributed by atoms with Crippen molar-refractivity contribution in [2.24, 2.45) is 17.6 Å². The fourth-order valence-electron chi connectivity index (χ4n) is 7.57. The van der Waals surface area contributed by atoms with Gasteiger partial charge in [-0.25, -0.2) is 28.0 Å². The van der Waals surface area contributed by atoms with E-state index in [1.165, 1.54) is 47.7 Å². The standard InChI is InChI=1S/C25H27Cl3FN3O5S.C23H28FN3O4S/c1-24(2,3)37-23(36)32-9-5-6-14(13-32)10-18(33)20-17(30-22(35)31-21(34)25(26,27)28)12-19(38-20)15-7-4-8-16(29)11-15;1-23(2,3)31-22(30)27-9-5-6-14(13-27)10-18(28)20-17(26-21(25)29)12-19(32-20)15-7-4-8-16(24)11-15/h4,7-8,11-12,14H,5-6,9-10,13H2,1-3H3,(H2,30,31,34,35);4,7-8,11-12,14H,5-6,9-10,13H2,1-3H3,(H3,25,26,29)/t2*14-/m11/s1. The van der Waals surface area contributed by atoms with Crippen LogP contribution in [0.25, 0.3) is 20.9 Å². The number of Topliss-reactive ketones (excluding diaryl/α,β-unsaturated/α-hetero) is 2. The van der Waals surface area contributed by atoms with Crippen molar-refractivity contribution in [3.8, 4) is 20.9 Å². The number of thiophene rings is 2. The van der Waals surface area contributed by atoms with Gasteiger partial charge >= 0.3 is 24.2 Å². The van der Waals surface area contributed by atoms with Crippen LogP contribution >= 0.6 is 57.5 Å². The van der Waals surface area contributed by atoms with E-state index in [0.717, 1.165) is 30.6 Å². The number of hydrogen-bond donors (Lipinski definition) is 4. The highest BCUT2D eigenvalue weighted by Gasteiger charge is 2.34. The van der Waals surface area contributed by atoms with Gasteiger partial charge in [-0.15, -0.1) is 22.7 Å². The zero-order valence-electron chi connectivity index (χ0n) is 39.4. The molecule has 2 aliphatic rings. The van der Waals surface area contributed by atoms with Crippen LogP contribution in [0.15, 0.2) is 60.7 Å². The predicted molar refractivity (Wildman–Crippen MR) is 269 cm³/mol. The lowest BCUT2D eigenvalue weighted by molar-refractivity contribution is -0.119. The van der Waals surface area contributed by atoms with E-state index < -0.39 is 50.7 Å². The fourth-order valence-corrected chi connectivity index (χ4v) is 9.83. The monoisotopic (exact) mass is 1070 g/mol. The minimum atomic E-state index is -2.36. The predicted octanol–water partition coefficient (Wildman–Crippen LogP) is 12.1. The number of alkyl halides is 3. The van der Waals surface area contributed by atoms with Gasteiger partial charge in [-0.3, -0.25) is 19.7 Å². The number of ketones is 2. The summed E-state index contributed by atoms with van der Waals surface area (Å²) in [4.78, 5) is 92.2. The molecule has 2 saturated heterocycles. The number of piperidine rings is 2. The summed E-state index contributed by atoms with van der Waals surface area (Å²) < 4.78 is 36.0. The van der Waals surface area contributed by atoms with Gasteiger partial charge in [0.05, 0.1) is 21.1 Å². The zero-order chi connectivity index (χ0) is 51.7. The number of ether oxygens (including phenoxy) is 2. The van der Waals surface area contributed by atoms with Gasteiger partial charge in [0, 0.05) is 48.8 Å². The minimum absolute atomic E-state index is 0.0232. The van der Waals surface area contributed by atoms with Crippen molar-refractivity contribution in [1.82, 2.24) is 15.1 Å². The Labute approximate surface area is 427 Å². The molecule has 0 unspecified atom stereocenters. The largest absolute Gasteiger partial charge is 0.444 e. The molecule has 2 aromatic carbocycles. The average molecular weight is 1070 g/mol. The first-order valence-electron chi connectivity index (χ1n) is 22.2. The molecule has 0 spiro atoms. The van der Waals surface area contributed by atoms with Gasteiger partial charge < -0.3 is 35.6 Å². The second-order valence-electron chi connectivity index (χ2n) is 18.7. The number of likely N-dealkylation sites (tertiary alicyclic amines) is 2.